The second-order valence-electron chi connectivity index (χ2n) is 3.58. The molecule has 0 amide bonds. The Kier molecular flexibility index (Phi) is 8.69. The lowest BCUT2D eigenvalue weighted by Gasteiger charge is -1.96. The van der Waals surface area contributed by atoms with E-state index in [2.05, 4.69) is 91.0 Å². The van der Waals surface area contributed by atoms with Crippen LogP contribution in [0.4, 0.5) is 0 Å². The summed E-state index contributed by atoms with van der Waals surface area (Å²) in [6, 6.07) is 0. The molecule has 0 fully saturated rings. The lowest BCUT2D eigenvalue weighted by Crippen LogP contribution is -1.94. The monoisotopic (exact) mass is 430 g/mol. The zero-order valence-electron chi connectivity index (χ0n) is 9.50. The van der Waals surface area contributed by atoms with Crippen LogP contribution in [0.15, 0.2) is 33.7 Å². The molecule has 0 aliphatic carbocycles. The summed E-state index contributed by atoms with van der Waals surface area (Å²) in [5.74, 6) is 0.458. The van der Waals surface area contributed by atoms with Crippen LogP contribution in [0, 0.1) is 5.92 Å². The van der Waals surface area contributed by atoms with Crippen molar-refractivity contribution in [2.24, 2.45) is 5.92 Å². The summed E-state index contributed by atoms with van der Waals surface area (Å²) in [4.78, 5) is 0. The van der Waals surface area contributed by atoms with Crippen LogP contribution in [-0.2, 0) is 0 Å². The third-order valence-electron chi connectivity index (χ3n) is 1.67. The molecule has 1 nitrogen and oxygen atoms in total. The van der Waals surface area contributed by atoms with Gasteiger partial charge in [0.05, 0.1) is 0 Å². The van der Waals surface area contributed by atoms with Crippen molar-refractivity contribution in [2.75, 3.05) is 4.43 Å². The number of nitrogens with zero attached hydrogens (tertiary/aromatic N) is 1. The molecule has 0 heterocycles. The Morgan fingerprint density at radius 3 is 2.53 bits per heavy atom. The molecule has 0 aromatic rings. The second kappa shape index (κ2) is 8.50. The number of halogens is 2. The highest BCUT2D eigenvalue weighted by molar-refractivity contribution is 14.1. The van der Waals surface area contributed by atoms with Gasteiger partial charge in [-0.2, -0.15) is 4.58 Å². The molecule has 0 spiro atoms. The number of alkyl halides is 1. The van der Waals surface area contributed by atoms with Crippen molar-refractivity contribution >= 4 is 51.9 Å². The number of allylic oxidation sites excluding steroid dienone is 4. The Morgan fingerprint density at radius 2 is 2.07 bits per heavy atom. The third kappa shape index (κ3) is 9.29. The van der Waals surface area contributed by atoms with Gasteiger partial charge in [0.15, 0.2) is 12.4 Å². The van der Waals surface area contributed by atoms with E-state index >= 15 is 0 Å². The quantitative estimate of drug-likeness (QED) is 0.261. The molecule has 84 valence electrons. The van der Waals surface area contributed by atoms with Crippen LogP contribution in [0.1, 0.15) is 20.8 Å². The molecule has 0 aromatic carbocycles. The topological polar surface area (TPSA) is 3.01 Å². The molecule has 0 saturated carbocycles. The standard InChI is InChI=1S/C12H18I2N/c1-10(7-12(3)14)5-6-15(4)9-11(2)8-13/h5-7,9-10H,4,8H2,1-3H3/q+1/b6-5-,11-9-,12-7?. The zero-order chi connectivity index (χ0) is 11.8. The van der Waals surface area contributed by atoms with E-state index < -0.39 is 0 Å². The molecule has 3 heteroatoms. The average molecular weight is 430 g/mol. The van der Waals surface area contributed by atoms with Crippen LogP contribution in [0.25, 0.3) is 0 Å². The van der Waals surface area contributed by atoms with E-state index in [4.69, 9.17) is 0 Å². The van der Waals surface area contributed by atoms with E-state index in [1.54, 1.807) is 0 Å². The smallest absolute Gasteiger partial charge is 0.173 e. The van der Waals surface area contributed by atoms with E-state index in [1.807, 2.05) is 10.8 Å². The van der Waals surface area contributed by atoms with E-state index in [0.29, 0.717) is 5.92 Å². The highest BCUT2D eigenvalue weighted by atomic mass is 127. The van der Waals surface area contributed by atoms with Crippen molar-refractivity contribution in [3.8, 4) is 0 Å². The van der Waals surface area contributed by atoms with Crippen LogP contribution >= 0.6 is 45.2 Å². The first kappa shape index (κ1) is 15.3. The van der Waals surface area contributed by atoms with Crippen molar-refractivity contribution in [1.82, 2.24) is 0 Å². The first-order valence-corrected chi connectivity index (χ1v) is 7.40. The van der Waals surface area contributed by atoms with Crippen molar-refractivity contribution < 1.29 is 4.58 Å². The SMILES string of the molecule is C=[N+](/C=C\C(C)C=C(C)I)/C=C(/C)CI. The van der Waals surface area contributed by atoms with Crippen LogP contribution in [0.2, 0.25) is 0 Å². The number of hydrogen-bond donors (Lipinski definition) is 0. The normalized spacial score (nSPS) is 15.8. The molecule has 1 atom stereocenters. The minimum absolute atomic E-state index is 0.458. The van der Waals surface area contributed by atoms with Gasteiger partial charge in [0, 0.05) is 10.0 Å². The average Bonchev–Trinajstić information content (AvgIpc) is 2.13. The van der Waals surface area contributed by atoms with E-state index in [-0.39, 0.29) is 0 Å². The molecular weight excluding hydrogens is 412 g/mol. The molecule has 0 aliphatic heterocycles. The summed E-state index contributed by atoms with van der Waals surface area (Å²) >= 11 is 4.67. The summed E-state index contributed by atoms with van der Waals surface area (Å²) in [6.45, 7) is 10.3. The van der Waals surface area contributed by atoms with Crippen molar-refractivity contribution in [2.45, 2.75) is 20.8 Å². The van der Waals surface area contributed by atoms with Gasteiger partial charge in [0.1, 0.15) is 6.72 Å². The first-order valence-electron chi connectivity index (χ1n) is 4.80. The molecular formula is C12H18I2N+. The van der Waals surface area contributed by atoms with Gasteiger partial charge in [-0.3, -0.25) is 0 Å². The van der Waals surface area contributed by atoms with Gasteiger partial charge in [-0.1, -0.05) is 35.6 Å². The minimum Gasteiger partial charge on any atom is -0.181 e. The Hall–Kier alpha value is 0.350. The minimum atomic E-state index is 0.458. The highest BCUT2D eigenvalue weighted by Crippen LogP contribution is 2.10. The summed E-state index contributed by atoms with van der Waals surface area (Å²) in [5.41, 5.74) is 1.32. The van der Waals surface area contributed by atoms with Gasteiger partial charge in [-0.05, 0) is 52.0 Å². The fourth-order valence-corrected chi connectivity index (χ4v) is 1.79. The molecule has 0 aromatic heterocycles. The molecule has 0 bridgehead atoms. The molecule has 0 saturated heterocycles. The van der Waals surface area contributed by atoms with Gasteiger partial charge in [-0.15, -0.1) is 0 Å². The largest absolute Gasteiger partial charge is 0.181 e. The van der Waals surface area contributed by atoms with Crippen LogP contribution in [0.3, 0.4) is 0 Å². The Bertz CT molecular complexity index is 297. The number of hydrogen-bond acceptors (Lipinski definition) is 0. The van der Waals surface area contributed by atoms with E-state index in [0.717, 1.165) is 4.43 Å². The second-order valence-corrected chi connectivity index (χ2v) is 6.04. The molecule has 0 rings (SSSR count). The number of rotatable bonds is 5. The maximum absolute atomic E-state index is 3.92. The van der Waals surface area contributed by atoms with E-state index in [9.17, 15) is 0 Å². The predicted octanol–water partition coefficient (Wildman–Crippen LogP) is 4.53. The summed E-state index contributed by atoms with van der Waals surface area (Å²) in [5, 5.41) is 0. The molecule has 15 heavy (non-hydrogen) atoms. The molecule has 0 radical (unpaired) electrons. The maximum atomic E-state index is 3.92. The first-order chi connectivity index (χ1) is 6.95. The van der Waals surface area contributed by atoms with Gasteiger partial charge in [0.2, 0.25) is 0 Å². The van der Waals surface area contributed by atoms with Crippen LogP contribution in [0.5, 0.6) is 0 Å². The summed E-state index contributed by atoms with van der Waals surface area (Å²) in [6.07, 6.45) is 8.43. The summed E-state index contributed by atoms with van der Waals surface area (Å²) in [7, 11) is 0. The van der Waals surface area contributed by atoms with Crippen molar-refractivity contribution in [3.05, 3.63) is 33.7 Å². The fraction of sp³-hybridized carbons (Fsp3) is 0.417. The van der Waals surface area contributed by atoms with E-state index in [1.165, 1.54) is 9.15 Å². The fourth-order valence-electron chi connectivity index (χ4n) is 1.02. The Labute approximate surface area is 120 Å². The van der Waals surface area contributed by atoms with Gasteiger partial charge >= 0.3 is 0 Å². The lowest BCUT2D eigenvalue weighted by molar-refractivity contribution is -0.368. The molecule has 1 unspecified atom stereocenters. The Balaban J connectivity index is 4.30. The highest BCUT2D eigenvalue weighted by Gasteiger charge is 1.96. The summed E-state index contributed by atoms with van der Waals surface area (Å²) < 4.78 is 4.22. The predicted molar refractivity (Wildman–Crippen MR) is 86.1 cm³/mol. The van der Waals surface area contributed by atoms with Gasteiger partial charge in [0.25, 0.3) is 0 Å². The van der Waals surface area contributed by atoms with Gasteiger partial charge < -0.3 is 0 Å². The lowest BCUT2D eigenvalue weighted by atomic mass is 10.1. The van der Waals surface area contributed by atoms with Gasteiger partial charge in [-0.25, -0.2) is 0 Å². The molecule has 0 aliphatic rings. The molecule has 0 N–H and O–H groups in total. The van der Waals surface area contributed by atoms with Crippen molar-refractivity contribution in [3.63, 3.8) is 0 Å². The maximum Gasteiger partial charge on any atom is 0.173 e. The van der Waals surface area contributed by atoms with Crippen LogP contribution < -0.4 is 0 Å². The zero-order valence-corrected chi connectivity index (χ0v) is 13.8. The van der Waals surface area contributed by atoms with Crippen LogP contribution in [-0.4, -0.2) is 15.7 Å². The van der Waals surface area contributed by atoms with Crippen molar-refractivity contribution in [1.29, 1.82) is 0 Å². The Morgan fingerprint density at radius 1 is 1.47 bits per heavy atom. The third-order valence-corrected chi connectivity index (χ3v) is 3.23.